The molecule has 0 aliphatic carbocycles. The van der Waals surface area contributed by atoms with Crippen LogP contribution in [0.2, 0.25) is 0 Å². The molecular weight excluding hydrogens is 330 g/mol. The van der Waals surface area contributed by atoms with Crippen molar-refractivity contribution in [2.45, 2.75) is 32.6 Å². The van der Waals surface area contributed by atoms with Crippen molar-refractivity contribution in [3.05, 3.63) is 41.6 Å². The molecule has 6 heteroatoms. The standard InChI is InChI=1S/C20H23N3O3/c1-3-4-5-8-11-23-19(25)16(18(24)21-20(23)26)12-14-13-22(2)17-10-7-6-9-15(14)17/h6-7,9-10,12-13H,3-5,8,11H2,1-2H3,(H,21,24,26). The molecule has 0 bridgehead atoms. The number of fused-ring (bicyclic) bond motifs is 1. The maximum Gasteiger partial charge on any atom is 0.331 e. The summed E-state index contributed by atoms with van der Waals surface area (Å²) in [6.07, 6.45) is 7.27. The summed E-state index contributed by atoms with van der Waals surface area (Å²) >= 11 is 0. The molecule has 0 atom stereocenters. The van der Waals surface area contributed by atoms with Crippen molar-refractivity contribution in [2.75, 3.05) is 6.54 Å². The third kappa shape index (κ3) is 3.40. The van der Waals surface area contributed by atoms with Gasteiger partial charge in [-0.25, -0.2) is 4.79 Å². The van der Waals surface area contributed by atoms with Gasteiger partial charge in [0.05, 0.1) is 0 Å². The largest absolute Gasteiger partial charge is 0.350 e. The predicted octanol–water partition coefficient (Wildman–Crippen LogP) is 3.22. The number of carbonyl (C=O) groups is 3. The van der Waals surface area contributed by atoms with E-state index in [2.05, 4.69) is 12.2 Å². The van der Waals surface area contributed by atoms with Crippen molar-refractivity contribution in [3.63, 3.8) is 0 Å². The summed E-state index contributed by atoms with van der Waals surface area (Å²) in [6, 6.07) is 7.14. The Hall–Kier alpha value is -2.89. The lowest BCUT2D eigenvalue weighted by atomic mass is 10.1. The Morgan fingerprint density at radius 3 is 2.62 bits per heavy atom. The molecule has 4 amide bonds. The minimum absolute atomic E-state index is 0.00329. The van der Waals surface area contributed by atoms with E-state index in [0.717, 1.165) is 47.0 Å². The first-order valence-electron chi connectivity index (χ1n) is 8.96. The number of benzene rings is 1. The van der Waals surface area contributed by atoms with E-state index in [1.807, 2.05) is 42.1 Å². The van der Waals surface area contributed by atoms with Crippen molar-refractivity contribution < 1.29 is 14.4 Å². The predicted molar refractivity (Wildman–Crippen MR) is 100 cm³/mol. The van der Waals surface area contributed by atoms with E-state index < -0.39 is 17.8 Å². The topological polar surface area (TPSA) is 71.4 Å². The third-order valence-corrected chi connectivity index (χ3v) is 4.65. The molecule has 3 rings (SSSR count). The Labute approximate surface area is 152 Å². The fraction of sp³-hybridized carbons (Fsp3) is 0.350. The molecule has 1 aliphatic rings. The van der Waals surface area contributed by atoms with E-state index in [1.165, 1.54) is 0 Å². The molecule has 1 fully saturated rings. The first kappa shape index (κ1) is 17.9. The highest BCUT2D eigenvalue weighted by atomic mass is 16.2. The number of para-hydroxylation sites is 1. The zero-order valence-electron chi connectivity index (χ0n) is 15.1. The number of hydrogen-bond donors (Lipinski definition) is 1. The molecule has 136 valence electrons. The molecule has 0 radical (unpaired) electrons. The lowest BCUT2D eigenvalue weighted by Gasteiger charge is -2.26. The van der Waals surface area contributed by atoms with E-state index in [1.54, 1.807) is 6.08 Å². The first-order valence-corrected chi connectivity index (χ1v) is 8.96. The van der Waals surface area contributed by atoms with Crippen LogP contribution in [-0.2, 0) is 16.6 Å². The summed E-state index contributed by atoms with van der Waals surface area (Å²) in [5.41, 5.74) is 1.79. The van der Waals surface area contributed by atoms with Gasteiger partial charge in [0.25, 0.3) is 11.8 Å². The van der Waals surface area contributed by atoms with Gasteiger partial charge in [-0.1, -0.05) is 44.4 Å². The van der Waals surface area contributed by atoms with Crippen LogP contribution < -0.4 is 5.32 Å². The second-order valence-corrected chi connectivity index (χ2v) is 6.55. The van der Waals surface area contributed by atoms with Gasteiger partial charge in [0.2, 0.25) is 0 Å². The molecule has 0 spiro atoms. The molecule has 6 nitrogen and oxygen atoms in total. The zero-order valence-corrected chi connectivity index (χ0v) is 15.1. The molecule has 1 aliphatic heterocycles. The Bertz CT molecular complexity index is 895. The first-order chi connectivity index (χ1) is 12.5. The van der Waals surface area contributed by atoms with E-state index in [9.17, 15) is 14.4 Å². The number of nitrogens with zero attached hydrogens (tertiary/aromatic N) is 2. The Balaban J connectivity index is 1.89. The molecule has 26 heavy (non-hydrogen) atoms. The van der Waals surface area contributed by atoms with Gasteiger partial charge in [-0.2, -0.15) is 0 Å². The Kier molecular flexibility index (Phi) is 5.21. The van der Waals surface area contributed by atoms with Gasteiger partial charge >= 0.3 is 6.03 Å². The summed E-state index contributed by atoms with van der Waals surface area (Å²) in [5, 5.41) is 3.23. The van der Waals surface area contributed by atoms with Crippen molar-refractivity contribution >= 4 is 34.8 Å². The maximum atomic E-state index is 12.7. The monoisotopic (exact) mass is 353 g/mol. The normalized spacial score (nSPS) is 16.6. The van der Waals surface area contributed by atoms with Crippen molar-refractivity contribution in [2.24, 2.45) is 7.05 Å². The van der Waals surface area contributed by atoms with Gasteiger partial charge in [0, 0.05) is 36.3 Å². The number of carbonyl (C=O) groups excluding carboxylic acids is 3. The minimum Gasteiger partial charge on any atom is -0.350 e. The number of imide groups is 2. The fourth-order valence-electron chi connectivity index (χ4n) is 3.24. The van der Waals surface area contributed by atoms with Gasteiger partial charge in [0.1, 0.15) is 5.57 Å². The number of amides is 4. The third-order valence-electron chi connectivity index (χ3n) is 4.65. The van der Waals surface area contributed by atoms with Crippen LogP contribution in [0.4, 0.5) is 4.79 Å². The maximum absolute atomic E-state index is 12.7. The smallest absolute Gasteiger partial charge is 0.331 e. The van der Waals surface area contributed by atoms with E-state index in [0.29, 0.717) is 6.54 Å². The lowest BCUT2D eigenvalue weighted by molar-refractivity contribution is -0.130. The molecule has 1 saturated heterocycles. The van der Waals surface area contributed by atoms with E-state index in [4.69, 9.17) is 0 Å². The second kappa shape index (κ2) is 7.56. The average molecular weight is 353 g/mol. The number of aryl methyl sites for hydroxylation is 1. The van der Waals surface area contributed by atoms with E-state index >= 15 is 0 Å². The summed E-state index contributed by atoms with van der Waals surface area (Å²) in [7, 11) is 1.91. The Morgan fingerprint density at radius 1 is 1.08 bits per heavy atom. The van der Waals surface area contributed by atoms with Crippen LogP contribution in [0, 0.1) is 0 Å². The zero-order chi connectivity index (χ0) is 18.7. The number of urea groups is 1. The fourth-order valence-corrected chi connectivity index (χ4v) is 3.24. The average Bonchev–Trinajstić information content (AvgIpc) is 2.94. The molecule has 2 heterocycles. The number of aromatic nitrogens is 1. The van der Waals surface area contributed by atoms with Gasteiger partial charge < -0.3 is 4.57 Å². The van der Waals surface area contributed by atoms with Crippen LogP contribution in [0.1, 0.15) is 38.2 Å². The van der Waals surface area contributed by atoms with Crippen LogP contribution >= 0.6 is 0 Å². The SMILES string of the molecule is CCCCCCN1C(=O)NC(=O)C(=Cc2cn(C)c3ccccc23)C1=O. The molecule has 0 unspecified atom stereocenters. The van der Waals surface area contributed by atoms with Gasteiger partial charge in [0.15, 0.2) is 0 Å². The summed E-state index contributed by atoms with van der Waals surface area (Å²) in [6.45, 7) is 2.42. The minimum atomic E-state index is -0.641. The molecule has 1 N–H and O–H groups in total. The number of nitrogens with one attached hydrogen (secondary N) is 1. The number of barbiturate groups is 1. The van der Waals surface area contributed by atoms with Gasteiger partial charge in [-0.15, -0.1) is 0 Å². The van der Waals surface area contributed by atoms with Crippen molar-refractivity contribution in [1.29, 1.82) is 0 Å². The molecule has 0 saturated carbocycles. The van der Waals surface area contributed by atoms with Crippen LogP contribution in [0.3, 0.4) is 0 Å². The quantitative estimate of drug-likeness (QED) is 0.492. The van der Waals surface area contributed by atoms with Crippen LogP contribution in [0.25, 0.3) is 17.0 Å². The highest BCUT2D eigenvalue weighted by molar-refractivity contribution is 6.31. The number of unbranched alkanes of at least 4 members (excludes halogenated alkanes) is 3. The second-order valence-electron chi connectivity index (χ2n) is 6.55. The van der Waals surface area contributed by atoms with Gasteiger partial charge in [-0.3, -0.25) is 19.8 Å². The van der Waals surface area contributed by atoms with E-state index in [-0.39, 0.29) is 5.57 Å². The lowest BCUT2D eigenvalue weighted by Crippen LogP contribution is -2.54. The van der Waals surface area contributed by atoms with Crippen LogP contribution in [0.5, 0.6) is 0 Å². The highest BCUT2D eigenvalue weighted by Crippen LogP contribution is 2.24. The molecule has 1 aromatic carbocycles. The van der Waals surface area contributed by atoms with Crippen molar-refractivity contribution in [1.82, 2.24) is 14.8 Å². The summed E-state index contributed by atoms with van der Waals surface area (Å²) in [4.78, 5) is 38.1. The highest BCUT2D eigenvalue weighted by Gasteiger charge is 2.35. The Morgan fingerprint density at radius 2 is 1.85 bits per heavy atom. The van der Waals surface area contributed by atoms with Crippen LogP contribution in [-0.4, -0.2) is 33.9 Å². The van der Waals surface area contributed by atoms with Crippen molar-refractivity contribution in [3.8, 4) is 0 Å². The molecule has 1 aromatic heterocycles. The summed E-state index contributed by atoms with van der Waals surface area (Å²) < 4.78 is 1.95. The number of hydrogen-bond acceptors (Lipinski definition) is 3. The van der Waals surface area contributed by atoms with Crippen LogP contribution in [0.15, 0.2) is 36.0 Å². The van der Waals surface area contributed by atoms with Gasteiger partial charge in [-0.05, 0) is 18.6 Å². The molecule has 2 aromatic rings. The summed E-state index contributed by atoms with van der Waals surface area (Å²) in [5.74, 6) is -1.17. The molecular formula is C20H23N3O3. The number of rotatable bonds is 6.